The van der Waals surface area contributed by atoms with Crippen molar-refractivity contribution in [3.05, 3.63) is 29.8 Å². The van der Waals surface area contributed by atoms with Gasteiger partial charge in [-0.2, -0.15) is 11.8 Å². The second-order valence-electron chi connectivity index (χ2n) is 6.42. The Morgan fingerprint density at radius 1 is 1.17 bits per heavy atom. The fourth-order valence-corrected chi connectivity index (χ4v) is 3.29. The highest BCUT2D eigenvalue weighted by molar-refractivity contribution is 8.00. The standard InChI is InChI=1S/C16H25NS/c1-15(2,3)13-6-8-14(9-7-13)17-12-16(18-4)10-5-11-16/h6-9,17H,5,10-12H2,1-4H3. The summed E-state index contributed by atoms with van der Waals surface area (Å²) in [5, 5.41) is 3.60. The molecule has 2 rings (SSSR count). The second-order valence-corrected chi connectivity index (χ2v) is 7.70. The van der Waals surface area contributed by atoms with Gasteiger partial charge in [-0.3, -0.25) is 0 Å². The van der Waals surface area contributed by atoms with Crippen LogP contribution in [0.4, 0.5) is 5.69 Å². The summed E-state index contributed by atoms with van der Waals surface area (Å²) < 4.78 is 0.503. The molecular formula is C16H25NS. The highest BCUT2D eigenvalue weighted by Gasteiger charge is 2.35. The van der Waals surface area contributed by atoms with Crippen molar-refractivity contribution in [2.24, 2.45) is 0 Å². The summed E-state index contributed by atoms with van der Waals surface area (Å²) in [4.78, 5) is 0. The van der Waals surface area contributed by atoms with Gasteiger partial charge in [0, 0.05) is 17.0 Å². The minimum Gasteiger partial charge on any atom is -0.384 e. The SMILES string of the molecule is CSC1(CNc2ccc(C(C)(C)C)cc2)CCC1. The summed E-state index contributed by atoms with van der Waals surface area (Å²) in [5.74, 6) is 0. The minimum atomic E-state index is 0.243. The van der Waals surface area contributed by atoms with E-state index in [4.69, 9.17) is 0 Å². The first-order valence-electron chi connectivity index (χ1n) is 6.85. The quantitative estimate of drug-likeness (QED) is 0.846. The Kier molecular flexibility index (Phi) is 3.96. The summed E-state index contributed by atoms with van der Waals surface area (Å²) >= 11 is 2.02. The Balaban J connectivity index is 1.94. The van der Waals surface area contributed by atoms with Gasteiger partial charge in [-0.05, 0) is 42.2 Å². The van der Waals surface area contributed by atoms with Crippen LogP contribution in [0.5, 0.6) is 0 Å². The van der Waals surface area contributed by atoms with E-state index in [1.807, 2.05) is 11.8 Å². The molecule has 0 saturated heterocycles. The van der Waals surface area contributed by atoms with Crippen molar-refractivity contribution >= 4 is 17.4 Å². The van der Waals surface area contributed by atoms with E-state index >= 15 is 0 Å². The van der Waals surface area contributed by atoms with Gasteiger partial charge < -0.3 is 5.32 Å². The van der Waals surface area contributed by atoms with E-state index in [2.05, 4.69) is 56.6 Å². The smallest absolute Gasteiger partial charge is 0.0340 e. The fraction of sp³-hybridized carbons (Fsp3) is 0.625. The lowest BCUT2D eigenvalue weighted by molar-refractivity contribution is 0.380. The maximum atomic E-state index is 3.60. The molecule has 1 N–H and O–H groups in total. The molecule has 0 atom stereocenters. The molecule has 1 aliphatic carbocycles. The van der Waals surface area contributed by atoms with Gasteiger partial charge in [-0.25, -0.2) is 0 Å². The number of hydrogen-bond donors (Lipinski definition) is 1. The van der Waals surface area contributed by atoms with Crippen LogP contribution in [0.1, 0.15) is 45.6 Å². The molecule has 2 heteroatoms. The molecule has 0 spiro atoms. The van der Waals surface area contributed by atoms with Crippen molar-refractivity contribution in [1.29, 1.82) is 0 Å². The molecule has 18 heavy (non-hydrogen) atoms. The van der Waals surface area contributed by atoms with Gasteiger partial charge in [-0.15, -0.1) is 0 Å². The van der Waals surface area contributed by atoms with Crippen LogP contribution < -0.4 is 5.32 Å². The van der Waals surface area contributed by atoms with Crippen LogP contribution in [0, 0.1) is 0 Å². The lowest BCUT2D eigenvalue weighted by Gasteiger charge is -2.40. The van der Waals surface area contributed by atoms with E-state index < -0.39 is 0 Å². The fourth-order valence-electron chi connectivity index (χ4n) is 2.38. The van der Waals surface area contributed by atoms with Crippen LogP contribution in [0.3, 0.4) is 0 Å². The zero-order chi connectivity index (χ0) is 13.2. The summed E-state index contributed by atoms with van der Waals surface area (Å²) in [5.41, 5.74) is 2.90. The van der Waals surface area contributed by atoms with Gasteiger partial charge in [0.2, 0.25) is 0 Å². The third-order valence-corrected chi connectivity index (χ3v) is 5.48. The van der Waals surface area contributed by atoms with Crippen molar-refractivity contribution in [3.8, 4) is 0 Å². The highest BCUT2D eigenvalue weighted by Crippen LogP contribution is 2.42. The van der Waals surface area contributed by atoms with Gasteiger partial charge in [0.25, 0.3) is 0 Å². The first-order chi connectivity index (χ1) is 8.45. The van der Waals surface area contributed by atoms with E-state index in [9.17, 15) is 0 Å². The maximum Gasteiger partial charge on any atom is 0.0340 e. The van der Waals surface area contributed by atoms with E-state index in [0.717, 1.165) is 6.54 Å². The van der Waals surface area contributed by atoms with Crippen LogP contribution in [0.15, 0.2) is 24.3 Å². The average Bonchev–Trinajstić information content (AvgIpc) is 2.28. The molecule has 1 nitrogen and oxygen atoms in total. The van der Waals surface area contributed by atoms with Crippen LogP contribution >= 0.6 is 11.8 Å². The molecular weight excluding hydrogens is 238 g/mol. The molecule has 0 bridgehead atoms. The predicted octanol–water partition coefficient (Wildman–Crippen LogP) is 4.68. The lowest BCUT2D eigenvalue weighted by atomic mass is 9.84. The average molecular weight is 263 g/mol. The van der Waals surface area contributed by atoms with Crippen molar-refractivity contribution in [3.63, 3.8) is 0 Å². The summed E-state index contributed by atoms with van der Waals surface area (Å²) in [6.07, 6.45) is 6.36. The van der Waals surface area contributed by atoms with E-state index in [1.54, 1.807) is 0 Å². The first-order valence-corrected chi connectivity index (χ1v) is 8.07. The zero-order valence-electron chi connectivity index (χ0n) is 12.0. The van der Waals surface area contributed by atoms with Gasteiger partial charge in [0.1, 0.15) is 0 Å². The molecule has 1 aromatic carbocycles. The minimum absolute atomic E-state index is 0.243. The van der Waals surface area contributed by atoms with Crippen LogP contribution in [0.25, 0.3) is 0 Å². The monoisotopic (exact) mass is 263 g/mol. The normalized spacial score (nSPS) is 18.2. The van der Waals surface area contributed by atoms with Crippen molar-refractivity contribution in [2.45, 2.75) is 50.2 Å². The molecule has 0 aromatic heterocycles. The van der Waals surface area contributed by atoms with Gasteiger partial charge in [-0.1, -0.05) is 39.3 Å². The predicted molar refractivity (Wildman–Crippen MR) is 83.7 cm³/mol. The molecule has 1 aliphatic rings. The molecule has 1 aromatic rings. The second kappa shape index (κ2) is 5.16. The Hall–Kier alpha value is -0.630. The number of hydrogen-bond acceptors (Lipinski definition) is 2. The third-order valence-electron chi connectivity index (χ3n) is 4.06. The molecule has 100 valence electrons. The van der Waals surface area contributed by atoms with E-state index in [1.165, 1.54) is 30.5 Å². The van der Waals surface area contributed by atoms with Crippen molar-refractivity contribution in [1.82, 2.24) is 0 Å². The van der Waals surface area contributed by atoms with Gasteiger partial charge in [0.05, 0.1) is 0 Å². The number of nitrogens with one attached hydrogen (secondary N) is 1. The molecule has 0 unspecified atom stereocenters. The molecule has 0 amide bonds. The number of benzene rings is 1. The van der Waals surface area contributed by atoms with Gasteiger partial charge >= 0.3 is 0 Å². The zero-order valence-corrected chi connectivity index (χ0v) is 12.9. The molecule has 0 aliphatic heterocycles. The number of rotatable bonds is 4. The summed E-state index contributed by atoms with van der Waals surface area (Å²) in [6, 6.07) is 8.92. The van der Waals surface area contributed by atoms with Gasteiger partial charge in [0.15, 0.2) is 0 Å². The van der Waals surface area contributed by atoms with Crippen LogP contribution in [-0.4, -0.2) is 17.5 Å². The lowest BCUT2D eigenvalue weighted by Crippen LogP contribution is -2.40. The van der Waals surface area contributed by atoms with Crippen molar-refractivity contribution in [2.75, 3.05) is 18.1 Å². The maximum absolute atomic E-state index is 3.60. The third kappa shape index (κ3) is 3.03. The number of thioether (sulfide) groups is 1. The van der Waals surface area contributed by atoms with E-state index in [0.29, 0.717) is 4.75 Å². The topological polar surface area (TPSA) is 12.0 Å². The molecule has 1 saturated carbocycles. The summed E-state index contributed by atoms with van der Waals surface area (Å²) in [6.45, 7) is 7.87. The number of anilines is 1. The van der Waals surface area contributed by atoms with Crippen LogP contribution in [0.2, 0.25) is 0 Å². The van der Waals surface area contributed by atoms with Crippen molar-refractivity contribution < 1.29 is 0 Å². The Morgan fingerprint density at radius 2 is 1.78 bits per heavy atom. The molecule has 0 radical (unpaired) electrons. The summed E-state index contributed by atoms with van der Waals surface area (Å²) in [7, 11) is 0. The Bertz CT molecular complexity index is 379. The highest BCUT2D eigenvalue weighted by atomic mass is 32.2. The van der Waals surface area contributed by atoms with Crippen LogP contribution in [-0.2, 0) is 5.41 Å². The Labute approximate surface area is 116 Å². The molecule has 1 fully saturated rings. The van der Waals surface area contributed by atoms with E-state index in [-0.39, 0.29) is 5.41 Å². The molecule has 0 heterocycles. The Morgan fingerprint density at radius 3 is 2.17 bits per heavy atom. The largest absolute Gasteiger partial charge is 0.384 e. The first kappa shape index (κ1) is 13.8.